The molecule has 0 saturated carbocycles. The summed E-state index contributed by atoms with van der Waals surface area (Å²) in [6.07, 6.45) is -2.87. The molecule has 1 aliphatic heterocycles. The van der Waals surface area contributed by atoms with Gasteiger partial charge >= 0.3 is 0 Å². The van der Waals surface area contributed by atoms with Gasteiger partial charge in [0.1, 0.15) is 30.2 Å². The quantitative estimate of drug-likeness (QED) is 0.393. The van der Waals surface area contributed by atoms with E-state index in [-0.39, 0.29) is 18.9 Å². The summed E-state index contributed by atoms with van der Waals surface area (Å²) in [4.78, 5) is 10.5. The molecule has 170 valence electrons. The van der Waals surface area contributed by atoms with E-state index in [0.29, 0.717) is 24.5 Å². The fourth-order valence-electron chi connectivity index (χ4n) is 3.30. The lowest BCUT2D eigenvalue weighted by molar-refractivity contribution is -0.385. The lowest BCUT2D eigenvalue weighted by Crippen LogP contribution is -2.60. The number of benzene rings is 1. The lowest BCUT2D eigenvalue weighted by atomic mass is 9.98. The molecule has 0 aromatic heterocycles. The molecule has 10 nitrogen and oxygen atoms in total. The van der Waals surface area contributed by atoms with Crippen LogP contribution in [0.5, 0.6) is 5.75 Å². The second kappa shape index (κ2) is 12.1. The minimum Gasteiger partial charge on any atom is -0.496 e. The second-order valence-corrected chi connectivity index (χ2v) is 6.79. The Kier molecular flexibility index (Phi) is 9.89. The zero-order valence-electron chi connectivity index (χ0n) is 17.8. The highest BCUT2D eigenvalue weighted by Crippen LogP contribution is 2.28. The van der Waals surface area contributed by atoms with Gasteiger partial charge in [0.2, 0.25) is 0 Å². The molecule has 10 heteroatoms. The van der Waals surface area contributed by atoms with E-state index in [1.54, 1.807) is 0 Å². The Morgan fingerprint density at radius 2 is 1.97 bits per heavy atom. The number of methoxy groups -OCH3 is 2. The Labute approximate surface area is 176 Å². The van der Waals surface area contributed by atoms with Gasteiger partial charge in [0.15, 0.2) is 6.29 Å². The summed E-state index contributed by atoms with van der Waals surface area (Å²) in [6.45, 7) is 4.74. The van der Waals surface area contributed by atoms with Crippen LogP contribution in [-0.4, -0.2) is 74.8 Å². The summed E-state index contributed by atoms with van der Waals surface area (Å²) in [5, 5.41) is 21.8. The van der Waals surface area contributed by atoms with Crippen LogP contribution in [0.1, 0.15) is 25.8 Å². The third kappa shape index (κ3) is 6.10. The molecule has 1 aliphatic rings. The van der Waals surface area contributed by atoms with E-state index in [9.17, 15) is 15.2 Å². The van der Waals surface area contributed by atoms with Crippen molar-refractivity contribution in [2.24, 2.45) is 0 Å². The van der Waals surface area contributed by atoms with Crippen LogP contribution in [0.25, 0.3) is 0 Å². The molecule has 0 radical (unpaired) electrons. The molecule has 1 unspecified atom stereocenters. The lowest BCUT2D eigenvalue weighted by Gasteiger charge is -2.43. The number of non-ortho nitro benzene ring substituents is 1. The monoisotopic (exact) mass is 429 g/mol. The van der Waals surface area contributed by atoms with E-state index in [4.69, 9.17) is 28.4 Å². The van der Waals surface area contributed by atoms with E-state index in [1.165, 1.54) is 32.4 Å². The Morgan fingerprint density at radius 1 is 1.20 bits per heavy atom. The largest absolute Gasteiger partial charge is 0.496 e. The van der Waals surface area contributed by atoms with Gasteiger partial charge in [-0.25, -0.2) is 0 Å². The van der Waals surface area contributed by atoms with Crippen LogP contribution >= 0.6 is 0 Å². The average molecular weight is 429 g/mol. The van der Waals surface area contributed by atoms with E-state index in [0.717, 1.165) is 6.42 Å². The molecule has 1 saturated heterocycles. The van der Waals surface area contributed by atoms with Gasteiger partial charge in [-0.1, -0.05) is 6.92 Å². The molecule has 1 fully saturated rings. The SMILES string of the molecule is CCCO[C@H]1[C@H](O)[C@@H](COCc2cc([N+](=O)[O-])ccc2OC)OC(OCC)[C@@H]1OC. The number of nitro benzene ring substituents is 1. The van der Waals surface area contributed by atoms with Crippen LogP contribution in [0.3, 0.4) is 0 Å². The van der Waals surface area contributed by atoms with Gasteiger partial charge in [0, 0.05) is 38.0 Å². The molecule has 0 spiro atoms. The van der Waals surface area contributed by atoms with Crippen LogP contribution in [-0.2, 0) is 30.3 Å². The number of hydrogen-bond acceptors (Lipinski definition) is 9. The average Bonchev–Trinajstić information content (AvgIpc) is 2.74. The van der Waals surface area contributed by atoms with Gasteiger partial charge in [-0.15, -0.1) is 0 Å². The first-order chi connectivity index (χ1) is 14.5. The fourth-order valence-corrected chi connectivity index (χ4v) is 3.30. The number of ether oxygens (including phenoxy) is 6. The topological polar surface area (TPSA) is 119 Å². The van der Waals surface area contributed by atoms with E-state index in [1.807, 2.05) is 13.8 Å². The molecule has 5 atom stereocenters. The molecule has 1 aromatic carbocycles. The van der Waals surface area contributed by atoms with E-state index < -0.39 is 35.6 Å². The van der Waals surface area contributed by atoms with Gasteiger partial charge in [-0.3, -0.25) is 10.1 Å². The minimum atomic E-state index is -0.995. The van der Waals surface area contributed by atoms with Crippen molar-refractivity contribution in [3.05, 3.63) is 33.9 Å². The third-order valence-corrected chi connectivity index (χ3v) is 4.75. The number of hydrogen-bond donors (Lipinski definition) is 1. The highest BCUT2D eigenvalue weighted by atomic mass is 16.7. The van der Waals surface area contributed by atoms with Crippen molar-refractivity contribution >= 4 is 5.69 Å². The van der Waals surface area contributed by atoms with Crippen LogP contribution in [0.4, 0.5) is 5.69 Å². The van der Waals surface area contributed by atoms with Crippen molar-refractivity contribution in [3.8, 4) is 5.75 Å². The Bertz CT molecular complexity index is 672. The summed E-state index contributed by atoms with van der Waals surface area (Å²) in [5.41, 5.74) is 0.461. The van der Waals surface area contributed by atoms with E-state index >= 15 is 0 Å². The van der Waals surface area contributed by atoms with Crippen LogP contribution in [0.15, 0.2) is 18.2 Å². The van der Waals surface area contributed by atoms with Crippen LogP contribution in [0.2, 0.25) is 0 Å². The fraction of sp³-hybridized carbons (Fsp3) is 0.700. The summed E-state index contributed by atoms with van der Waals surface area (Å²) in [5.74, 6) is 0.474. The maximum absolute atomic E-state index is 11.0. The Hall–Kier alpha value is -1.82. The Balaban J connectivity index is 2.07. The summed E-state index contributed by atoms with van der Waals surface area (Å²) in [7, 11) is 2.99. The highest BCUT2D eigenvalue weighted by molar-refractivity contribution is 5.43. The Morgan fingerprint density at radius 3 is 2.57 bits per heavy atom. The summed E-state index contributed by atoms with van der Waals surface area (Å²) >= 11 is 0. The number of aliphatic hydroxyl groups is 1. The molecule has 1 N–H and O–H groups in total. The predicted octanol–water partition coefficient (Wildman–Crippen LogP) is 2.05. The maximum atomic E-state index is 11.0. The second-order valence-electron chi connectivity index (χ2n) is 6.79. The van der Waals surface area contributed by atoms with Gasteiger partial charge in [0.25, 0.3) is 5.69 Å². The van der Waals surface area contributed by atoms with Gasteiger partial charge in [-0.05, 0) is 19.4 Å². The molecular formula is C20H31NO9. The number of rotatable bonds is 12. The normalized spacial score (nSPS) is 26.5. The predicted molar refractivity (Wildman–Crippen MR) is 106 cm³/mol. The minimum absolute atomic E-state index is 0.0268. The first-order valence-electron chi connectivity index (χ1n) is 9.95. The van der Waals surface area contributed by atoms with Crippen molar-refractivity contribution < 1.29 is 38.5 Å². The molecule has 1 heterocycles. The van der Waals surface area contributed by atoms with E-state index in [2.05, 4.69) is 0 Å². The number of nitro groups is 1. The first-order valence-corrected chi connectivity index (χ1v) is 9.95. The third-order valence-electron chi connectivity index (χ3n) is 4.75. The highest BCUT2D eigenvalue weighted by Gasteiger charge is 2.46. The van der Waals surface area contributed by atoms with Crippen molar-refractivity contribution in [3.63, 3.8) is 0 Å². The first kappa shape index (κ1) is 24.4. The standard InChI is InChI=1S/C20H31NO9/c1-5-9-29-18-17(22)16(30-20(28-6-2)19(18)26-4)12-27-11-13-10-14(21(23)24)7-8-15(13)25-3/h7-8,10,16-20,22H,5-6,9,11-12H2,1-4H3/t16-,17-,18+,19-,20?/m1/s1. The van der Waals surface area contributed by atoms with Crippen molar-refractivity contribution in [1.29, 1.82) is 0 Å². The molecule has 30 heavy (non-hydrogen) atoms. The molecule has 2 rings (SSSR count). The molecular weight excluding hydrogens is 398 g/mol. The smallest absolute Gasteiger partial charge is 0.270 e. The number of aliphatic hydroxyl groups excluding tert-OH is 1. The zero-order chi connectivity index (χ0) is 22.1. The molecule has 0 aliphatic carbocycles. The van der Waals surface area contributed by atoms with Crippen molar-refractivity contribution in [2.45, 2.75) is 57.6 Å². The maximum Gasteiger partial charge on any atom is 0.270 e. The van der Waals surface area contributed by atoms with Crippen LogP contribution < -0.4 is 4.74 Å². The van der Waals surface area contributed by atoms with Gasteiger partial charge in [0.05, 0.1) is 25.2 Å². The van der Waals surface area contributed by atoms with Crippen LogP contribution in [0, 0.1) is 10.1 Å². The van der Waals surface area contributed by atoms with Crippen molar-refractivity contribution in [1.82, 2.24) is 0 Å². The zero-order valence-corrected chi connectivity index (χ0v) is 17.8. The molecule has 0 bridgehead atoms. The van der Waals surface area contributed by atoms with Gasteiger partial charge in [-0.2, -0.15) is 0 Å². The summed E-state index contributed by atoms with van der Waals surface area (Å²) < 4.78 is 33.7. The number of nitrogens with zero attached hydrogens (tertiary/aromatic N) is 1. The molecule has 0 amide bonds. The molecule has 1 aromatic rings. The van der Waals surface area contributed by atoms with Crippen molar-refractivity contribution in [2.75, 3.05) is 34.0 Å². The summed E-state index contributed by atoms with van der Waals surface area (Å²) in [6, 6.07) is 4.28. The van der Waals surface area contributed by atoms with Gasteiger partial charge < -0.3 is 33.5 Å².